The molecule has 1 saturated heterocycles. The van der Waals surface area contributed by atoms with Gasteiger partial charge in [-0.25, -0.2) is 13.4 Å². The first kappa shape index (κ1) is 24.4. The molecule has 186 valence electrons. The van der Waals surface area contributed by atoms with Crippen molar-refractivity contribution in [2.45, 2.75) is 36.7 Å². The lowest BCUT2D eigenvalue weighted by Gasteiger charge is -2.24. The van der Waals surface area contributed by atoms with Crippen molar-refractivity contribution in [2.24, 2.45) is 0 Å². The summed E-state index contributed by atoms with van der Waals surface area (Å²) in [5, 5.41) is 3.44. The number of imidazole rings is 1. The average Bonchev–Trinajstić information content (AvgIpc) is 3.51. The number of rotatable bonds is 8. The monoisotopic (exact) mass is 523 g/mol. The highest BCUT2D eigenvalue weighted by Gasteiger charge is 2.39. The van der Waals surface area contributed by atoms with Crippen LogP contribution in [-0.2, 0) is 27.8 Å². The van der Waals surface area contributed by atoms with E-state index in [0.717, 1.165) is 16.6 Å². The Labute approximate surface area is 215 Å². The van der Waals surface area contributed by atoms with E-state index in [0.29, 0.717) is 43.2 Å². The van der Waals surface area contributed by atoms with Gasteiger partial charge in [-0.1, -0.05) is 29.8 Å². The van der Waals surface area contributed by atoms with Gasteiger partial charge in [-0.2, -0.15) is 4.31 Å². The van der Waals surface area contributed by atoms with Gasteiger partial charge in [0.15, 0.2) is 0 Å². The van der Waals surface area contributed by atoms with Crippen LogP contribution in [0, 0.1) is 0 Å². The number of hydrogen-bond donors (Lipinski definition) is 1. The normalized spacial score (nSPS) is 16.4. The molecule has 8 nitrogen and oxygen atoms in total. The number of amides is 1. The van der Waals surface area contributed by atoms with E-state index in [1.165, 1.54) is 16.4 Å². The van der Waals surface area contributed by atoms with Gasteiger partial charge >= 0.3 is 0 Å². The molecule has 1 N–H and O–H groups in total. The van der Waals surface area contributed by atoms with E-state index in [1.807, 2.05) is 41.0 Å². The fourth-order valence-corrected chi connectivity index (χ4v) is 6.42. The van der Waals surface area contributed by atoms with E-state index in [-0.39, 0.29) is 17.3 Å². The van der Waals surface area contributed by atoms with Crippen LogP contribution in [0.15, 0.2) is 78.0 Å². The van der Waals surface area contributed by atoms with Gasteiger partial charge in [-0.05, 0) is 67.3 Å². The summed E-state index contributed by atoms with van der Waals surface area (Å²) in [5.74, 6) is 0.419. The third kappa shape index (κ3) is 5.00. The molecular weight excluding hydrogens is 498 g/mol. The second-order valence-corrected chi connectivity index (χ2v) is 11.1. The number of halogens is 1. The molecule has 1 atom stereocenters. The molecular formula is C26H26ClN5O3S. The molecule has 2 aromatic carbocycles. The number of aromatic nitrogens is 3. The lowest BCUT2D eigenvalue weighted by molar-refractivity contribution is -0.121. The van der Waals surface area contributed by atoms with Gasteiger partial charge < -0.3 is 9.88 Å². The Morgan fingerprint density at radius 3 is 2.67 bits per heavy atom. The minimum atomic E-state index is -3.77. The molecule has 1 aliphatic heterocycles. The van der Waals surface area contributed by atoms with Crippen LogP contribution in [0.2, 0.25) is 5.02 Å². The van der Waals surface area contributed by atoms with Gasteiger partial charge in [0.25, 0.3) is 0 Å². The first-order valence-electron chi connectivity index (χ1n) is 11.8. The highest BCUT2D eigenvalue weighted by atomic mass is 35.5. The molecule has 0 radical (unpaired) electrons. The first-order valence-corrected chi connectivity index (χ1v) is 13.6. The first-order chi connectivity index (χ1) is 17.4. The van der Waals surface area contributed by atoms with Gasteiger partial charge in [0.1, 0.15) is 12.4 Å². The molecule has 0 spiro atoms. The van der Waals surface area contributed by atoms with Gasteiger partial charge in [-0.15, -0.1) is 0 Å². The zero-order chi connectivity index (χ0) is 25.1. The summed E-state index contributed by atoms with van der Waals surface area (Å²) >= 11 is 5.97. The summed E-state index contributed by atoms with van der Waals surface area (Å²) in [5.41, 5.74) is 2.57. The lowest BCUT2D eigenvalue weighted by Crippen LogP contribution is -2.34. The Morgan fingerprint density at radius 2 is 1.89 bits per heavy atom. The number of sulfonamides is 1. The standard InChI is InChI=1S/C26H26ClN5O3S/c27-20-9-11-21(12-10-20)36(34,35)32-16-4-8-24(32)26-30-22-6-1-2-7-23(22)31(26)18-25(33)29-15-13-19-5-3-14-28-17-19/h1-3,5-7,9-12,14,17,24H,4,8,13,15-16,18H2,(H,29,33). The van der Waals surface area contributed by atoms with Crippen molar-refractivity contribution in [2.75, 3.05) is 13.1 Å². The van der Waals surface area contributed by atoms with Crippen molar-refractivity contribution >= 4 is 38.6 Å². The number of carbonyl (C=O) groups is 1. The number of hydrogen-bond acceptors (Lipinski definition) is 5. The second-order valence-electron chi connectivity index (χ2n) is 8.73. The summed E-state index contributed by atoms with van der Waals surface area (Å²) in [7, 11) is -3.77. The SMILES string of the molecule is O=C(Cn1c(C2CCCN2S(=O)(=O)c2ccc(Cl)cc2)nc2ccccc21)NCCc1cccnc1. The van der Waals surface area contributed by atoms with E-state index < -0.39 is 16.1 Å². The molecule has 2 aromatic heterocycles. The maximum atomic E-state index is 13.5. The van der Waals surface area contributed by atoms with Crippen molar-refractivity contribution in [3.05, 3.63) is 89.5 Å². The molecule has 0 aliphatic carbocycles. The fourth-order valence-electron chi connectivity index (χ4n) is 4.63. The maximum Gasteiger partial charge on any atom is 0.243 e. The summed E-state index contributed by atoms with van der Waals surface area (Å²) in [6.45, 7) is 0.914. The Balaban J connectivity index is 1.41. The molecule has 1 aliphatic rings. The van der Waals surface area contributed by atoms with Gasteiger partial charge in [0.05, 0.1) is 22.0 Å². The zero-order valence-electron chi connectivity index (χ0n) is 19.5. The van der Waals surface area contributed by atoms with Crippen LogP contribution < -0.4 is 5.32 Å². The highest BCUT2D eigenvalue weighted by Crippen LogP contribution is 2.37. The molecule has 3 heterocycles. The summed E-state index contributed by atoms with van der Waals surface area (Å²) in [4.78, 5) is 22.0. The Hall–Kier alpha value is -3.27. The van der Waals surface area contributed by atoms with Crippen LogP contribution in [-0.4, -0.2) is 46.3 Å². The van der Waals surface area contributed by atoms with Crippen LogP contribution in [0.3, 0.4) is 0 Å². The van der Waals surface area contributed by atoms with Crippen molar-refractivity contribution in [3.63, 3.8) is 0 Å². The minimum absolute atomic E-state index is 0.0498. The van der Waals surface area contributed by atoms with Crippen molar-refractivity contribution in [3.8, 4) is 0 Å². The van der Waals surface area contributed by atoms with Crippen molar-refractivity contribution in [1.29, 1.82) is 0 Å². The molecule has 0 bridgehead atoms. The van der Waals surface area contributed by atoms with Crippen LogP contribution in [0.5, 0.6) is 0 Å². The second kappa shape index (κ2) is 10.4. The van der Waals surface area contributed by atoms with Crippen LogP contribution in [0.4, 0.5) is 0 Å². The van der Waals surface area contributed by atoms with E-state index in [9.17, 15) is 13.2 Å². The van der Waals surface area contributed by atoms with E-state index >= 15 is 0 Å². The van der Waals surface area contributed by atoms with E-state index in [4.69, 9.17) is 16.6 Å². The topological polar surface area (TPSA) is 97.2 Å². The smallest absolute Gasteiger partial charge is 0.243 e. The largest absolute Gasteiger partial charge is 0.354 e. The maximum absolute atomic E-state index is 13.5. The molecule has 4 aromatic rings. The van der Waals surface area contributed by atoms with Crippen LogP contribution >= 0.6 is 11.6 Å². The number of fused-ring (bicyclic) bond motifs is 1. The number of benzene rings is 2. The molecule has 1 fully saturated rings. The fraction of sp³-hybridized carbons (Fsp3) is 0.269. The minimum Gasteiger partial charge on any atom is -0.354 e. The van der Waals surface area contributed by atoms with Crippen LogP contribution in [0.1, 0.15) is 30.3 Å². The molecule has 10 heteroatoms. The predicted octanol–water partition coefficient (Wildman–Crippen LogP) is 3.97. The Kier molecular flexibility index (Phi) is 7.04. The van der Waals surface area contributed by atoms with Gasteiger partial charge in [0.2, 0.25) is 15.9 Å². The number of pyridine rings is 1. The number of carbonyl (C=O) groups excluding carboxylic acids is 1. The third-order valence-corrected chi connectivity index (χ3v) is 8.54. The third-order valence-electron chi connectivity index (χ3n) is 6.37. The van der Waals surface area contributed by atoms with Crippen LogP contribution in [0.25, 0.3) is 11.0 Å². The molecule has 1 unspecified atom stereocenters. The quantitative estimate of drug-likeness (QED) is 0.377. The highest BCUT2D eigenvalue weighted by molar-refractivity contribution is 7.89. The summed E-state index contributed by atoms with van der Waals surface area (Å²) in [6.07, 6.45) is 5.50. The predicted molar refractivity (Wildman–Crippen MR) is 138 cm³/mol. The van der Waals surface area contributed by atoms with Crippen molar-refractivity contribution < 1.29 is 13.2 Å². The van der Waals surface area contributed by atoms with E-state index in [2.05, 4.69) is 10.3 Å². The Morgan fingerprint density at radius 1 is 1.08 bits per heavy atom. The van der Waals surface area contributed by atoms with Gasteiger partial charge in [0, 0.05) is 30.5 Å². The molecule has 0 saturated carbocycles. The lowest BCUT2D eigenvalue weighted by atomic mass is 10.2. The van der Waals surface area contributed by atoms with E-state index in [1.54, 1.807) is 24.5 Å². The molecule has 1 amide bonds. The molecule has 5 rings (SSSR count). The number of nitrogens with one attached hydrogen (secondary N) is 1. The molecule has 36 heavy (non-hydrogen) atoms. The average molecular weight is 524 g/mol. The van der Waals surface area contributed by atoms with Gasteiger partial charge in [-0.3, -0.25) is 9.78 Å². The number of para-hydroxylation sites is 2. The number of nitrogens with zero attached hydrogens (tertiary/aromatic N) is 4. The summed E-state index contributed by atoms with van der Waals surface area (Å²) < 4.78 is 30.4. The summed E-state index contributed by atoms with van der Waals surface area (Å²) in [6, 6.07) is 17.1. The van der Waals surface area contributed by atoms with Crippen molar-refractivity contribution in [1.82, 2.24) is 24.2 Å². The Bertz CT molecular complexity index is 1470. The zero-order valence-corrected chi connectivity index (χ0v) is 21.1.